The molecule has 0 radical (unpaired) electrons. The molecule has 1 aromatic heterocycles. The normalized spacial score (nSPS) is 12.6. The van der Waals surface area contributed by atoms with Gasteiger partial charge in [-0.2, -0.15) is 5.10 Å². The van der Waals surface area contributed by atoms with Crippen LogP contribution in [-0.2, 0) is 19.9 Å². The molecular weight excluding hydrogens is 361 g/mol. The quantitative estimate of drug-likeness (QED) is 0.775. The molecule has 0 aliphatic carbocycles. The van der Waals surface area contributed by atoms with Crippen LogP contribution >= 0.6 is 22.6 Å². The van der Waals surface area contributed by atoms with Crippen LogP contribution in [0.1, 0.15) is 36.8 Å². The van der Waals surface area contributed by atoms with Crippen LogP contribution in [0, 0.1) is 3.57 Å². The fourth-order valence-electron chi connectivity index (χ4n) is 2.44. The zero-order valence-electron chi connectivity index (χ0n) is 12.4. The van der Waals surface area contributed by atoms with Gasteiger partial charge in [0.2, 0.25) is 0 Å². The summed E-state index contributed by atoms with van der Waals surface area (Å²) in [6, 6.07) is 11.1. The van der Waals surface area contributed by atoms with Gasteiger partial charge in [0.05, 0.1) is 5.69 Å². The molecule has 0 fully saturated rings. The lowest BCUT2D eigenvalue weighted by atomic mass is 10.0. The molecular formula is C16H22IN3. The van der Waals surface area contributed by atoms with Gasteiger partial charge in [-0.05, 0) is 53.3 Å². The highest BCUT2D eigenvalue weighted by Crippen LogP contribution is 2.23. The van der Waals surface area contributed by atoms with Crippen LogP contribution in [0.2, 0.25) is 0 Å². The highest BCUT2D eigenvalue weighted by atomic mass is 127. The van der Waals surface area contributed by atoms with Crippen LogP contribution in [-0.4, -0.2) is 16.3 Å². The van der Waals surface area contributed by atoms with Gasteiger partial charge in [0.15, 0.2) is 0 Å². The summed E-state index contributed by atoms with van der Waals surface area (Å²) in [6.45, 7) is 5.27. The van der Waals surface area contributed by atoms with Gasteiger partial charge >= 0.3 is 0 Å². The van der Waals surface area contributed by atoms with Gasteiger partial charge in [0.1, 0.15) is 0 Å². The number of rotatable bonds is 6. The Bertz CT molecular complexity index is 563. The average Bonchev–Trinajstić information content (AvgIpc) is 2.80. The molecule has 1 unspecified atom stereocenters. The Morgan fingerprint density at radius 3 is 2.65 bits per heavy atom. The van der Waals surface area contributed by atoms with Crippen molar-refractivity contribution in [3.8, 4) is 0 Å². The van der Waals surface area contributed by atoms with E-state index in [0.717, 1.165) is 19.4 Å². The number of hydrogen-bond acceptors (Lipinski definition) is 2. The number of nitrogens with one attached hydrogen (secondary N) is 1. The molecule has 0 saturated carbocycles. The Balaban J connectivity index is 2.25. The molecule has 0 aliphatic heterocycles. The molecule has 1 aromatic carbocycles. The van der Waals surface area contributed by atoms with E-state index in [2.05, 4.69) is 77.2 Å². The van der Waals surface area contributed by atoms with E-state index in [0.29, 0.717) is 6.04 Å². The van der Waals surface area contributed by atoms with Gasteiger partial charge in [0.25, 0.3) is 0 Å². The number of nitrogens with zero attached hydrogens (tertiary/aromatic N) is 2. The van der Waals surface area contributed by atoms with Crippen LogP contribution in [0.4, 0.5) is 0 Å². The van der Waals surface area contributed by atoms with E-state index >= 15 is 0 Å². The summed E-state index contributed by atoms with van der Waals surface area (Å²) >= 11 is 2.42. The molecule has 0 saturated heterocycles. The maximum Gasteiger partial charge on any atom is 0.0624 e. The highest BCUT2D eigenvalue weighted by molar-refractivity contribution is 14.1. The molecule has 1 N–H and O–H groups in total. The predicted octanol–water partition coefficient (Wildman–Crippen LogP) is 3.48. The van der Waals surface area contributed by atoms with E-state index in [1.165, 1.54) is 20.5 Å². The number of hydrogen-bond donors (Lipinski definition) is 1. The van der Waals surface area contributed by atoms with Gasteiger partial charge < -0.3 is 5.32 Å². The maximum absolute atomic E-state index is 4.55. The van der Waals surface area contributed by atoms with E-state index in [4.69, 9.17) is 0 Å². The third-order valence-electron chi connectivity index (χ3n) is 3.53. The minimum atomic E-state index is 0.341. The molecule has 2 aromatic rings. The van der Waals surface area contributed by atoms with E-state index in [1.807, 2.05) is 11.7 Å². The van der Waals surface area contributed by atoms with Gasteiger partial charge in [-0.1, -0.05) is 32.0 Å². The van der Waals surface area contributed by atoms with Crippen molar-refractivity contribution in [1.82, 2.24) is 15.1 Å². The number of aryl methyl sites for hydroxylation is 2. The summed E-state index contributed by atoms with van der Waals surface area (Å²) in [5.41, 5.74) is 3.82. The van der Waals surface area contributed by atoms with Gasteiger partial charge in [0, 0.05) is 28.8 Å². The minimum absolute atomic E-state index is 0.341. The molecule has 0 spiro atoms. The lowest BCUT2D eigenvalue weighted by molar-refractivity contribution is 0.527. The van der Waals surface area contributed by atoms with Crippen molar-refractivity contribution in [3.05, 3.63) is 50.9 Å². The molecule has 2 rings (SSSR count). The third-order valence-corrected chi connectivity index (χ3v) is 4.52. The first-order valence-corrected chi connectivity index (χ1v) is 8.23. The van der Waals surface area contributed by atoms with E-state index in [9.17, 15) is 0 Å². The predicted molar refractivity (Wildman–Crippen MR) is 91.9 cm³/mol. The minimum Gasteiger partial charge on any atom is -0.310 e. The van der Waals surface area contributed by atoms with Crippen molar-refractivity contribution < 1.29 is 0 Å². The standard InChI is InChI=1S/C16H22IN3/c1-4-12-10-13(20(3)19-12)11-16(18-5-2)14-8-6-7-9-15(14)17/h6-10,16,18H,4-5,11H2,1-3H3. The maximum atomic E-state index is 4.55. The monoisotopic (exact) mass is 383 g/mol. The molecule has 1 atom stereocenters. The molecule has 1 heterocycles. The Morgan fingerprint density at radius 1 is 1.30 bits per heavy atom. The molecule has 0 aliphatic rings. The van der Waals surface area contributed by atoms with Crippen LogP contribution < -0.4 is 5.32 Å². The van der Waals surface area contributed by atoms with Gasteiger partial charge in [-0.3, -0.25) is 4.68 Å². The van der Waals surface area contributed by atoms with Crippen molar-refractivity contribution in [2.45, 2.75) is 32.7 Å². The fraction of sp³-hybridized carbons (Fsp3) is 0.438. The van der Waals surface area contributed by atoms with Gasteiger partial charge in [-0.15, -0.1) is 0 Å². The molecule has 3 nitrogen and oxygen atoms in total. The molecule has 4 heteroatoms. The molecule has 0 amide bonds. The first kappa shape index (κ1) is 15.5. The zero-order chi connectivity index (χ0) is 14.5. The van der Waals surface area contributed by atoms with Crippen molar-refractivity contribution >= 4 is 22.6 Å². The van der Waals surface area contributed by atoms with E-state index in [-0.39, 0.29) is 0 Å². The van der Waals surface area contributed by atoms with Crippen molar-refractivity contribution in [1.29, 1.82) is 0 Å². The molecule has 0 bridgehead atoms. The van der Waals surface area contributed by atoms with Crippen molar-refractivity contribution in [3.63, 3.8) is 0 Å². The number of halogens is 1. The number of aromatic nitrogens is 2. The summed E-state index contributed by atoms with van der Waals surface area (Å²) in [4.78, 5) is 0. The summed E-state index contributed by atoms with van der Waals surface area (Å²) in [5.74, 6) is 0. The lowest BCUT2D eigenvalue weighted by Crippen LogP contribution is -2.24. The van der Waals surface area contributed by atoms with E-state index in [1.54, 1.807) is 0 Å². The summed E-state index contributed by atoms with van der Waals surface area (Å²) in [7, 11) is 2.04. The molecule has 20 heavy (non-hydrogen) atoms. The second kappa shape index (κ2) is 7.22. The van der Waals surface area contributed by atoms with Crippen molar-refractivity contribution in [2.75, 3.05) is 6.54 Å². The van der Waals surface area contributed by atoms with Gasteiger partial charge in [-0.25, -0.2) is 0 Å². The third kappa shape index (κ3) is 3.61. The SMILES string of the molecule is CCNC(Cc1cc(CC)nn1C)c1ccccc1I. The van der Waals surface area contributed by atoms with Crippen LogP contribution in [0.15, 0.2) is 30.3 Å². The lowest BCUT2D eigenvalue weighted by Gasteiger charge is -2.19. The second-order valence-corrected chi connectivity index (χ2v) is 6.10. The van der Waals surface area contributed by atoms with Crippen LogP contribution in [0.5, 0.6) is 0 Å². The number of benzene rings is 1. The second-order valence-electron chi connectivity index (χ2n) is 4.94. The number of likely N-dealkylation sites (N-methyl/N-ethyl adjacent to an activating group) is 1. The first-order chi connectivity index (χ1) is 9.65. The summed E-state index contributed by atoms with van der Waals surface area (Å²) in [5, 5.41) is 8.14. The zero-order valence-corrected chi connectivity index (χ0v) is 14.5. The Hall–Kier alpha value is -0.880. The largest absolute Gasteiger partial charge is 0.310 e. The average molecular weight is 383 g/mol. The highest BCUT2D eigenvalue weighted by Gasteiger charge is 2.16. The Morgan fingerprint density at radius 2 is 2.05 bits per heavy atom. The summed E-state index contributed by atoms with van der Waals surface area (Å²) in [6.07, 6.45) is 1.96. The van der Waals surface area contributed by atoms with Crippen LogP contribution in [0.25, 0.3) is 0 Å². The van der Waals surface area contributed by atoms with Crippen molar-refractivity contribution in [2.24, 2.45) is 7.05 Å². The molecule has 108 valence electrons. The topological polar surface area (TPSA) is 29.9 Å². The Labute approximate surface area is 134 Å². The van der Waals surface area contributed by atoms with Crippen LogP contribution in [0.3, 0.4) is 0 Å². The first-order valence-electron chi connectivity index (χ1n) is 7.15. The Kier molecular flexibility index (Phi) is 5.60. The fourth-order valence-corrected chi connectivity index (χ4v) is 3.20. The summed E-state index contributed by atoms with van der Waals surface area (Å²) < 4.78 is 3.33. The smallest absolute Gasteiger partial charge is 0.0624 e. The van der Waals surface area contributed by atoms with E-state index < -0.39 is 0 Å².